The largest absolute Gasteiger partial charge is 0.397 e. The molecule has 0 fully saturated rings. The third-order valence-corrected chi connectivity index (χ3v) is 3.16. The first-order valence-electron chi connectivity index (χ1n) is 6.04. The van der Waals surface area contributed by atoms with E-state index < -0.39 is 0 Å². The lowest BCUT2D eigenvalue weighted by atomic mass is 10.2. The quantitative estimate of drug-likeness (QED) is 0.844. The van der Waals surface area contributed by atoms with Gasteiger partial charge in [-0.15, -0.1) is 0 Å². The lowest BCUT2D eigenvalue weighted by molar-refractivity contribution is 0.833. The van der Waals surface area contributed by atoms with E-state index in [1.807, 2.05) is 30.3 Å². The summed E-state index contributed by atoms with van der Waals surface area (Å²) in [7, 11) is 0. The van der Waals surface area contributed by atoms with Crippen molar-refractivity contribution in [1.82, 2.24) is 0 Å². The number of benzene rings is 2. The first kappa shape index (κ1) is 12.8. The lowest BCUT2D eigenvalue weighted by Gasteiger charge is -2.24. The zero-order chi connectivity index (χ0) is 13.0. The topological polar surface area (TPSA) is 29.3 Å². The van der Waals surface area contributed by atoms with E-state index in [2.05, 4.69) is 24.0 Å². The second-order valence-electron chi connectivity index (χ2n) is 4.20. The van der Waals surface area contributed by atoms with Crippen LogP contribution in [0, 0.1) is 0 Å². The molecule has 0 spiro atoms. The highest BCUT2D eigenvalue weighted by molar-refractivity contribution is 6.31. The number of hydrogen-bond donors (Lipinski definition) is 1. The van der Waals surface area contributed by atoms with Crippen molar-refractivity contribution in [3.05, 3.63) is 59.1 Å². The Balaban J connectivity index is 2.23. The van der Waals surface area contributed by atoms with Gasteiger partial charge < -0.3 is 10.6 Å². The molecule has 0 unspecified atom stereocenters. The van der Waals surface area contributed by atoms with Crippen LogP contribution in [0.25, 0.3) is 0 Å². The number of nitrogens with zero attached hydrogens (tertiary/aromatic N) is 1. The van der Waals surface area contributed by atoms with E-state index in [9.17, 15) is 0 Å². The maximum absolute atomic E-state index is 6.03. The molecule has 2 N–H and O–H groups in total. The lowest BCUT2D eigenvalue weighted by Crippen LogP contribution is -2.22. The number of halogens is 1. The van der Waals surface area contributed by atoms with E-state index in [1.165, 1.54) is 5.56 Å². The van der Waals surface area contributed by atoms with Gasteiger partial charge in [0.05, 0.1) is 11.4 Å². The third-order valence-electron chi connectivity index (χ3n) is 2.93. The van der Waals surface area contributed by atoms with Gasteiger partial charge in [0, 0.05) is 18.1 Å². The van der Waals surface area contributed by atoms with Crippen molar-refractivity contribution < 1.29 is 0 Å². The van der Waals surface area contributed by atoms with E-state index in [4.69, 9.17) is 17.3 Å². The van der Waals surface area contributed by atoms with Crippen LogP contribution in [0.3, 0.4) is 0 Å². The fraction of sp³-hybridized carbons (Fsp3) is 0.200. The molecule has 0 aliphatic rings. The van der Waals surface area contributed by atoms with Gasteiger partial charge in [0.1, 0.15) is 0 Å². The molecule has 0 aromatic heterocycles. The van der Waals surface area contributed by atoms with Gasteiger partial charge in [-0.05, 0) is 30.7 Å². The SMILES string of the molecule is CCN(Cc1ccccc1)c1ccc(Cl)cc1N. The molecular weight excluding hydrogens is 244 g/mol. The van der Waals surface area contributed by atoms with Gasteiger partial charge in [0.15, 0.2) is 0 Å². The van der Waals surface area contributed by atoms with Gasteiger partial charge in [0.25, 0.3) is 0 Å². The second-order valence-corrected chi connectivity index (χ2v) is 4.64. The van der Waals surface area contributed by atoms with Crippen molar-refractivity contribution in [2.45, 2.75) is 13.5 Å². The first-order valence-corrected chi connectivity index (χ1v) is 6.42. The van der Waals surface area contributed by atoms with Gasteiger partial charge in [-0.1, -0.05) is 41.9 Å². The molecule has 18 heavy (non-hydrogen) atoms. The molecule has 2 rings (SSSR count). The third kappa shape index (κ3) is 2.96. The fourth-order valence-electron chi connectivity index (χ4n) is 1.98. The minimum absolute atomic E-state index is 0.673. The van der Waals surface area contributed by atoms with Crippen molar-refractivity contribution in [3.8, 4) is 0 Å². The highest BCUT2D eigenvalue weighted by Crippen LogP contribution is 2.27. The fourth-order valence-corrected chi connectivity index (χ4v) is 2.17. The molecule has 2 aromatic carbocycles. The van der Waals surface area contributed by atoms with Crippen LogP contribution < -0.4 is 10.6 Å². The van der Waals surface area contributed by atoms with Crippen molar-refractivity contribution in [2.75, 3.05) is 17.2 Å². The van der Waals surface area contributed by atoms with Gasteiger partial charge >= 0.3 is 0 Å². The molecular formula is C15H17ClN2. The van der Waals surface area contributed by atoms with Crippen LogP contribution in [0.4, 0.5) is 11.4 Å². The average Bonchev–Trinajstić information content (AvgIpc) is 2.38. The molecule has 2 nitrogen and oxygen atoms in total. The Morgan fingerprint density at radius 1 is 1.11 bits per heavy atom. The summed E-state index contributed by atoms with van der Waals surface area (Å²) < 4.78 is 0. The molecule has 0 saturated heterocycles. The summed E-state index contributed by atoms with van der Waals surface area (Å²) in [6, 6.07) is 16.0. The van der Waals surface area contributed by atoms with Crippen LogP contribution in [-0.4, -0.2) is 6.54 Å². The van der Waals surface area contributed by atoms with E-state index in [0.29, 0.717) is 5.02 Å². The monoisotopic (exact) mass is 260 g/mol. The first-order chi connectivity index (χ1) is 8.70. The Bertz CT molecular complexity index is 511. The Morgan fingerprint density at radius 2 is 1.83 bits per heavy atom. The maximum Gasteiger partial charge on any atom is 0.0603 e. The molecule has 0 heterocycles. The number of nitrogens with two attached hydrogens (primary N) is 1. The maximum atomic E-state index is 6.03. The standard InChI is InChI=1S/C15H17ClN2/c1-2-18(11-12-6-4-3-5-7-12)15-9-8-13(16)10-14(15)17/h3-10H,2,11,17H2,1H3. The van der Waals surface area contributed by atoms with Gasteiger partial charge in [-0.2, -0.15) is 0 Å². The van der Waals surface area contributed by atoms with E-state index >= 15 is 0 Å². The minimum Gasteiger partial charge on any atom is -0.397 e. The van der Waals surface area contributed by atoms with E-state index in [0.717, 1.165) is 24.5 Å². The predicted molar refractivity (Wildman–Crippen MR) is 79.0 cm³/mol. The molecule has 0 atom stereocenters. The van der Waals surface area contributed by atoms with Crippen LogP contribution in [0.2, 0.25) is 5.02 Å². The average molecular weight is 261 g/mol. The van der Waals surface area contributed by atoms with Gasteiger partial charge in [0.2, 0.25) is 0 Å². The molecule has 0 aliphatic heterocycles. The Kier molecular flexibility index (Phi) is 4.11. The van der Waals surface area contributed by atoms with Crippen LogP contribution in [0.5, 0.6) is 0 Å². The Hall–Kier alpha value is -1.67. The molecule has 0 amide bonds. The summed E-state index contributed by atoms with van der Waals surface area (Å²) in [5.74, 6) is 0. The van der Waals surface area contributed by atoms with Crippen LogP contribution in [0.15, 0.2) is 48.5 Å². The summed E-state index contributed by atoms with van der Waals surface area (Å²) in [5, 5.41) is 0.673. The van der Waals surface area contributed by atoms with E-state index in [1.54, 1.807) is 6.07 Å². The van der Waals surface area contributed by atoms with Crippen LogP contribution in [-0.2, 0) is 6.54 Å². The highest BCUT2D eigenvalue weighted by Gasteiger charge is 2.08. The smallest absolute Gasteiger partial charge is 0.0603 e. The van der Waals surface area contributed by atoms with Crippen molar-refractivity contribution in [1.29, 1.82) is 0 Å². The Labute approximate surface area is 113 Å². The summed E-state index contributed by atoms with van der Waals surface area (Å²) in [4.78, 5) is 2.24. The molecule has 3 heteroatoms. The van der Waals surface area contributed by atoms with Gasteiger partial charge in [-0.3, -0.25) is 0 Å². The zero-order valence-corrected chi connectivity index (χ0v) is 11.2. The predicted octanol–water partition coefficient (Wildman–Crippen LogP) is 3.95. The molecule has 0 bridgehead atoms. The summed E-state index contributed by atoms with van der Waals surface area (Å²) >= 11 is 5.93. The second kappa shape index (κ2) is 5.78. The Morgan fingerprint density at radius 3 is 2.44 bits per heavy atom. The summed E-state index contributed by atoms with van der Waals surface area (Å²) in [6.45, 7) is 3.88. The summed E-state index contributed by atoms with van der Waals surface area (Å²) in [5.41, 5.74) is 9.05. The molecule has 0 radical (unpaired) electrons. The van der Waals surface area contributed by atoms with Crippen LogP contribution in [0.1, 0.15) is 12.5 Å². The van der Waals surface area contributed by atoms with Gasteiger partial charge in [-0.25, -0.2) is 0 Å². The number of nitrogen functional groups attached to an aromatic ring is 1. The summed E-state index contributed by atoms with van der Waals surface area (Å²) in [6.07, 6.45) is 0. The number of anilines is 2. The zero-order valence-electron chi connectivity index (χ0n) is 10.4. The van der Waals surface area contributed by atoms with Crippen molar-refractivity contribution in [3.63, 3.8) is 0 Å². The molecule has 2 aromatic rings. The van der Waals surface area contributed by atoms with E-state index in [-0.39, 0.29) is 0 Å². The molecule has 94 valence electrons. The van der Waals surface area contributed by atoms with Crippen molar-refractivity contribution in [2.24, 2.45) is 0 Å². The highest BCUT2D eigenvalue weighted by atomic mass is 35.5. The molecule has 0 aliphatic carbocycles. The van der Waals surface area contributed by atoms with Crippen LogP contribution >= 0.6 is 11.6 Å². The number of rotatable bonds is 4. The normalized spacial score (nSPS) is 10.3. The van der Waals surface area contributed by atoms with Crippen molar-refractivity contribution >= 4 is 23.0 Å². The minimum atomic E-state index is 0.673. The number of hydrogen-bond acceptors (Lipinski definition) is 2. The molecule has 0 saturated carbocycles.